The number of ether oxygens (including phenoxy) is 1. The van der Waals surface area contributed by atoms with Crippen molar-refractivity contribution in [1.82, 2.24) is 15.4 Å². The lowest BCUT2D eigenvalue weighted by Crippen LogP contribution is -2.23. The van der Waals surface area contributed by atoms with Gasteiger partial charge < -0.3 is 13.7 Å². The summed E-state index contributed by atoms with van der Waals surface area (Å²) in [5, 5.41) is 12.6. The molecule has 0 atom stereocenters. The molecule has 0 N–H and O–H groups in total. The standard InChI is InChI=1S/C31H27N3O4/c1-3-36-30(35)31(17-18-31)25-15-13-22(14-16-25)21-9-11-23(12-10-21)28-26(20(2)34-38-28)19-27-32-33-29(37-27)24-7-5-4-6-8-24/h4-16H,3,17-19H2,1-2H3. The van der Waals surface area contributed by atoms with E-state index in [0.717, 1.165) is 51.9 Å². The van der Waals surface area contributed by atoms with Crippen LogP contribution in [0.5, 0.6) is 0 Å². The van der Waals surface area contributed by atoms with Gasteiger partial charge in [0, 0.05) is 16.7 Å². The zero-order valence-corrected chi connectivity index (χ0v) is 21.3. The largest absolute Gasteiger partial charge is 0.465 e. The van der Waals surface area contributed by atoms with Crippen LogP contribution in [0.4, 0.5) is 0 Å². The van der Waals surface area contributed by atoms with Crippen molar-refractivity contribution in [3.05, 3.63) is 102 Å². The molecule has 1 fully saturated rings. The summed E-state index contributed by atoms with van der Waals surface area (Å²) >= 11 is 0. The number of aromatic nitrogens is 3. The summed E-state index contributed by atoms with van der Waals surface area (Å²) in [6.07, 6.45) is 2.11. The summed E-state index contributed by atoms with van der Waals surface area (Å²) in [5.41, 5.74) is 6.22. The second-order valence-electron chi connectivity index (χ2n) is 9.58. The lowest BCUT2D eigenvalue weighted by Gasteiger charge is -2.14. The third-order valence-electron chi connectivity index (χ3n) is 7.13. The number of nitrogens with zero attached hydrogens (tertiary/aromatic N) is 3. The zero-order valence-electron chi connectivity index (χ0n) is 21.3. The van der Waals surface area contributed by atoms with Crippen molar-refractivity contribution in [2.75, 3.05) is 6.61 Å². The molecule has 6 rings (SSSR count). The Hall–Kier alpha value is -4.52. The Morgan fingerprint density at radius 1 is 0.868 bits per heavy atom. The van der Waals surface area contributed by atoms with Crippen molar-refractivity contribution in [2.24, 2.45) is 0 Å². The van der Waals surface area contributed by atoms with E-state index < -0.39 is 5.41 Å². The molecule has 2 heterocycles. The molecule has 38 heavy (non-hydrogen) atoms. The van der Waals surface area contributed by atoms with Crippen LogP contribution in [0.2, 0.25) is 0 Å². The van der Waals surface area contributed by atoms with E-state index in [9.17, 15) is 4.79 Å². The number of carbonyl (C=O) groups is 1. The minimum atomic E-state index is -0.459. The molecule has 0 amide bonds. The highest BCUT2D eigenvalue weighted by molar-refractivity contribution is 5.87. The fourth-order valence-corrected chi connectivity index (χ4v) is 4.80. The van der Waals surface area contributed by atoms with Crippen LogP contribution in [0.1, 0.15) is 42.5 Å². The molecule has 0 spiro atoms. The minimum absolute atomic E-state index is 0.118. The van der Waals surface area contributed by atoms with Crippen molar-refractivity contribution in [2.45, 2.75) is 38.5 Å². The quantitative estimate of drug-likeness (QED) is 0.221. The number of carbonyl (C=O) groups excluding carboxylic acids is 1. The topological polar surface area (TPSA) is 91.2 Å². The summed E-state index contributed by atoms with van der Waals surface area (Å²) in [5.74, 6) is 1.56. The molecular formula is C31H27N3O4. The average Bonchev–Trinajstić information content (AvgIpc) is 3.51. The van der Waals surface area contributed by atoms with E-state index in [0.29, 0.717) is 30.6 Å². The molecule has 1 aliphatic rings. The first-order chi connectivity index (χ1) is 18.6. The number of aryl methyl sites for hydroxylation is 1. The Morgan fingerprint density at radius 2 is 1.53 bits per heavy atom. The van der Waals surface area contributed by atoms with Crippen LogP contribution in [0, 0.1) is 6.92 Å². The first-order valence-electron chi connectivity index (χ1n) is 12.8. The van der Waals surface area contributed by atoms with Gasteiger partial charge in [-0.25, -0.2) is 0 Å². The van der Waals surface area contributed by atoms with Gasteiger partial charge in [-0.1, -0.05) is 71.9 Å². The van der Waals surface area contributed by atoms with Gasteiger partial charge >= 0.3 is 5.97 Å². The molecule has 0 unspecified atom stereocenters. The van der Waals surface area contributed by atoms with Crippen LogP contribution < -0.4 is 0 Å². The highest BCUT2D eigenvalue weighted by Gasteiger charge is 2.52. The summed E-state index contributed by atoms with van der Waals surface area (Å²) in [6.45, 7) is 4.16. The maximum Gasteiger partial charge on any atom is 0.316 e. The van der Waals surface area contributed by atoms with Crippen molar-refractivity contribution >= 4 is 5.97 Å². The third-order valence-corrected chi connectivity index (χ3v) is 7.13. The fraction of sp³-hybridized carbons (Fsp3) is 0.226. The van der Waals surface area contributed by atoms with Crippen LogP contribution in [-0.2, 0) is 21.4 Å². The molecule has 7 nitrogen and oxygen atoms in total. The van der Waals surface area contributed by atoms with Crippen LogP contribution in [-0.4, -0.2) is 27.9 Å². The molecule has 3 aromatic carbocycles. The smallest absolute Gasteiger partial charge is 0.316 e. The lowest BCUT2D eigenvalue weighted by atomic mass is 9.93. The minimum Gasteiger partial charge on any atom is -0.465 e. The SMILES string of the molecule is CCOC(=O)C1(c2ccc(-c3ccc(-c4onc(C)c4Cc4nnc(-c5ccccc5)o4)cc3)cc2)CC1. The molecule has 190 valence electrons. The number of benzene rings is 3. The van der Waals surface area contributed by atoms with Crippen molar-refractivity contribution in [1.29, 1.82) is 0 Å². The highest BCUT2D eigenvalue weighted by Crippen LogP contribution is 2.49. The fourth-order valence-electron chi connectivity index (χ4n) is 4.80. The lowest BCUT2D eigenvalue weighted by molar-refractivity contribution is -0.146. The second-order valence-corrected chi connectivity index (χ2v) is 9.58. The molecule has 5 aromatic rings. The molecular weight excluding hydrogens is 478 g/mol. The first-order valence-corrected chi connectivity index (χ1v) is 12.8. The van der Waals surface area contributed by atoms with Gasteiger partial charge in [-0.3, -0.25) is 4.79 Å². The van der Waals surface area contributed by atoms with Gasteiger partial charge in [0.05, 0.1) is 24.1 Å². The van der Waals surface area contributed by atoms with Gasteiger partial charge in [-0.15, -0.1) is 10.2 Å². The highest BCUT2D eigenvalue weighted by atomic mass is 16.5. The molecule has 0 radical (unpaired) electrons. The number of rotatable bonds is 8. The van der Waals surface area contributed by atoms with Gasteiger partial charge in [0.25, 0.3) is 0 Å². The Morgan fingerprint density at radius 3 is 2.18 bits per heavy atom. The molecule has 1 saturated carbocycles. The summed E-state index contributed by atoms with van der Waals surface area (Å²) in [4.78, 5) is 12.4. The molecule has 0 aliphatic heterocycles. The van der Waals surface area contributed by atoms with E-state index in [2.05, 4.69) is 39.6 Å². The first kappa shape index (κ1) is 23.9. The second kappa shape index (κ2) is 9.74. The zero-order chi connectivity index (χ0) is 26.1. The molecule has 7 heteroatoms. The molecule has 1 aliphatic carbocycles. The summed E-state index contributed by atoms with van der Waals surface area (Å²) in [7, 11) is 0. The predicted molar refractivity (Wildman–Crippen MR) is 142 cm³/mol. The third kappa shape index (κ3) is 4.41. The van der Waals surface area contributed by atoms with E-state index in [1.807, 2.05) is 68.4 Å². The Bertz CT molecular complexity index is 1560. The summed E-state index contributed by atoms with van der Waals surface area (Å²) in [6, 6.07) is 26.1. The number of hydrogen-bond donors (Lipinski definition) is 0. The van der Waals surface area contributed by atoms with E-state index in [-0.39, 0.29) is 5.97 Å². The maximum absolute atomic E-state index is 12.4. The predicted octanol–water partition coefficient (Wildman–Crippen LogP) is 6.55. The van der Waals surface area contributed by atoms with Gasteiger partial charge in [0.1, 0.15) is 0 Å². The Balaban J connectivity index is 1.20. The molecule has 2 aromatic heterocycles. The van der Waals surface area contributed by atoms with Crippen LogP contribution in [0.25, 0.3) is 33.9 Å². The number of esters is 1. The van der Waals surface area contributed by atoms with Crippen LogP contribution >= 0.6 is 0 Å². The summed E-state index contributed by atoms with van der Waals surface area (Å²) < 4.78 is 16.9. The number of hydrogen-bond acceptors (Lipinski definition) is 7. The van der Waals surface area contributed by atoms with Gasteiger partial charge in [-0.2, -0.15) is 0 Å². The molecule has 0 bridgehead atoms. The van der Waals surface area contributed by atoms with Gasteiger partial charge in [-0.05, 0) is 55.5 Å². The van der Waals surface area contributed by atoms with Crippen molar-refractivity contribution in [3.8, 4) is 33.9 Å². The normalized spacial score (nSPS) is 13.8. The van der Waals surface area contributed by atoms with Crippen LogP contribution in [0.15, 0.2) is 87.8 Å². The van der Waals surface area contributed by atoms with Gasteiger partial charge in [0.2, 0.25) is 11.8 Å². The van der Waals surface area contributed by atoms with E-state index in [1.54, 1.807) is 0 Å². The van der Waals surface area contributed by atoms with Crippen molar-refractivity contribution < 1.29 is 18.5 Å². The van der Waals surface area contributed by atoms with Crippen LogP contribution in [0.3, 0.4) is 0 Å². The Labute approximate surface area is 220 Å². The maximum atomic E-state index is 12.4. The van der Waals surface area contributed by atoms with Gasteiger partial charge in [0.15, 0.2) is 5.76 Å². The Kier molecular flexibility index (Phi) is 6.12. The monoisotopic (exact) mass is 505 g/mol. The average molecular weight is 506 g/mol. The molecule has 0 saturated heterocycles. The van der Waals surface area contributed by atoms with E-state index in [4.69, 9.17) is 13.7 Å². The van der Waals surface area contributed by atoms with E-state index >= 15 is 0 Å². The van der Waals surface area contributed by atoms with E-state index in [1.165, 1.54) is 0 Å². The van der Waals surface area contributed by atoms with Crippen molar-refractivity contribution in [3.63, 3.8) is 0 Å².